The smallest absolute Gasteiger partial charge is 0.345 e. The van der Waals surface area contributed by atoms with Crippen LogP contribution in [0.3, 0.4) is 0 Å². The highest BCUT2D eigenvalue weighted by atomic mass is 19.4. The molecule has 0 saturated heterocycles. The molecule has 2 N–H and O–H groups in total. The second-order valence-corrected chi connectivity index (χ2v) is 4.23. The van der Waals surface area contributed by atoms with E-state index in [0.717, 1.165) is 12.2 Å². The van der Waals surface area contributed by atoms with Gasteiger partial charge in [0.15, 0.2) is 0 Å². The molecule has 19 heavy (non-hydrogen) atoms. The van der Waals surface area contributed by atoms with Crippen molar-refractivity contribution in [3.05, 3.63) is 24.0 Å². The molecular weight excluding hydrogens is 259 g/mol. The maximum absolute atomic E-state index is 12.0. The van der Waals surface area contributed by atoms with Crippen molar-refractivity contribution in [2.24, 2.45) is 0 Å². The van der Waals surface area contributed by atoms with Crippen molar-refractivity contribution in [1.82, 2.24) is 15.2 Å². The number of nitrogens with one attached hydrogen (secondary N) is 2. The van der Waals surface area contributed by atoms with Crippen molar-refractivity contribution in [3.63, 3.8) is 0 Å². The van der Waals surface area contributed by atoms with Crippen LogP contribution in [0.2, 0.25) is 0 Å². The Morgan fingerprint density at radius 3 is 2.74 bits per heavy atom. The lowest BCUT2D eigenvalue weighted by Crippen LogP contribution is -2.36. The number of rotatable bonds is 6. The molecule has 7 heteroatoms. The second-order valence-electron chi connectivity index (χ2n) is 4.23. The van der Waals surface area contributed by atoms with Crippen LogP contribution in [0.15, 0.2) is 18.3 Å². The van der Waals surface area contributed by atoms with Crippen LogP contribution >= 0.6 is 0 Å². The van der Waals surface area contributed by atoms with Crippen molar-refractivity contribution < 1.29 is 18.0 Å². The third-order valence-electron chi connectivity index (χ3n) is 2.62. The number of amides is 1. The molecule has 0 aliphatic carbocycles. The summed E-state index contributed by atoms with van der Waals surface area (Å²) < 4.78 is 37.6. The van der Waals surface area contributed by atoms with E-state index in [0.29, 0.717) is 0 Å². The Hall–Kier alpha value is -1.50. The summed E-state index contributed by atoms with van der Waals surface area (Å²) in [6, 6.07) is 3.64. The zero-order valence-electron chi connectivity index (χ0n) is 10.9. The van der Waals surface area contributed by atoms with E-state index < -0.39 is 18.6 Å². The van der Waals surface area contributed by atoms with Crippen molar-refractivity contribution in [1.29, 1.82) is 0 Å². The lowest BCUT2D eigenvalue weighted by atomic mass is 10.2. The molecule has 1 aromatic rings. The third-order valence-corrected chi connectivity index (χ3v) is 2.62. The quantitative estimate of drug-likeness (QED) is 0.833. The van der Waals surface area contributed by atoms with Crippen LogP contribution in [-0.2, 0) is 11.3 Å². The van der Waals surface area contributed by atoms with Gasteiger partial charge < -0.3 is 15.2 Å². The third kappa shape index (κ3) is 5.34. The largest absolute Gasteiger partial charge is 0.405 e. The Kier molecular flexibility index (Phi) is 5.41. The maximum Gasteiger partial charge on any atom is 0.405 e. The Morgan fingerprint density at radius 1 is 1.47 bits per heavy atom. The molecular formula is C12H18F3N3O. The monoisotopic (exact) mass is 277 g/mol. The van der Waals surface area contributed by atoms with E-state index in [1.165, 1.54) is 0 Å². The number of halogens is 3. The minimum atomic E-state index is -4.38. The van der Waals surface area contributed by atoms with E-state index >= 15 is 0 Å². The summed E-state index contributed by atoms with van der Waals surface area (Å²) in [7, 11) is 0. The summed E-state index contributed by atoms with van der Waals surface area (Å²) in [6.45, 7) is 3.24. The average molecular weight is 277 g/mol. The first-order valence-electron chi connectivity index (χ1n) is 6.05. The topological polar surface area (TPSA) is 46.1 Å². The van der Waals surface area contributed by atoms with Crippen LogP contribution in [0.25, 0.3) is 0 Å². The molecule has 4 nitrogen and oxygen atoms in total. The fourth-order valence-corrected chi connectivity index (χ4v) is 1.78. The first-order chi connectivity index (χ1) is 8.83. The van der Waals surface area contributed by atoms with Crippen LogP contribution in [0.4, 0.5) is 13.2 Å². The van der Waals surface area contributed by atoms with Gasteiger partial charge in [0.1, 0.15) is 13.1 Å². The number of carbonyl (C=O) groups is 1. The molecule has 0 bridgehead atoms. The summed E-state index contributed by atoms with van der Waals surface area (Å²) in [5, 5.41) is 5.04. The molecule has 1 unspecified atom stereocenters. The minimum Gasteiger partial charge on any atom is -0.345 e. The van der Waals surface area contributed by atoms with Crippen molar-refractivity contribution in [2.45, 2.75) is 32.6 Å². The Morgan fingerprint density at radius 2 is 2.16 bits per heavy atom. The second kappa shape index (κ2) is 6.60. The number of nitrogens with zero attached hydrogens (tertiary/aromatic N) is 1. The predicted molar refractivity (Wildman–Crippen MR) is 65.6 cm³/mol. The molecule has 0 aromatic carbocycles. The highest BCUT2D eigenvalue weighted by Gasteiger charge is 2.27. The molecule has 0 aliphatic rings. The summed E-state index contributed by atoms with van der Waals surface area (Å²) in [4.78, 5) is 11.4. The van der Waals surface area contributed by atoms with E-state index in [4.69, 9.17) is 0 Å². The maximum atomic E-state index is 12.0. The number of hydrogen-bond donors (Lipinski definition) is 2. The summed E-state index contributed by atoms with van der Waals surface area (Å²) in [5.74, 6) is -0.654. The summed E-state index contributed by atoms with van der Waals surface area (Å²) in [5.41, 5.74) is 0.865. The van der Waals surface area contributed by atoms with E-state index in [9.17, 15) is 18.0 Å². The summed E-state index contributed by atoms with van der Waals surface area (Å²) >= 11 is 0. The first kappa shape index (κ1) is 15.6. The molecule has 0 spiro atoms. The fourth-order valence-electron chi connectivity index (χ4n) is 1.78. The van der Waals surface area contributed by atoms with Crippen molar-refractivity contribution in [3.8, 4) is 0 Å². The van der Waals surface area contributed by atoms with E-state index in [1.807, 2.05) is 25.2 Å². The van der Waals surface area contributed by atoms with Crippen LogP contribution in [-0.4, -0.2) is 29.7 Å². The molecule has 0 saturated carbocycles. The van der Waals surface area contributed by atoms with Gasteiger partial charge in [-0.1, -0.05) is 6.92 Å². The van der Waals surface area contributed by atoms with Gasteiger partial charge in [-0.3, -0.25) is 4.79 Å². The van der Waals surface area contributed by atoms with E-state index in [2.05, 4.69) is 5.32 Å². The zero-order chi connectivity index (χ0) is 14.5. The number of carbonyl (C=O) groups excluding carboxylic acids is 1. The van der Waals surface area contributed by atoms with E-state index in [-0.39, 0.29) is 12.6 Å². The van der Waals surface area contributed by atoms with Crippen LogP contribution in [0.1, 0.15) is 25.6 Å². The van der Waals surface area contributed by atoms with Crippen molar-refractivity contribution in [2.75, 3.05) is 13.1 Å². The van der Waals surface area contributed by atoms with Crippen LogP contribution in [0, 0.1) is 0 Å². The first-order valence-corrected chi connectivity index (χ1v) is 6.05. The molecule has 0 radical (unpaired) electrons. The zero-order valence-corrected chi connectivity index (χ0v) is 10.9. The van der Waals surface area contributed by atoms with Gasteiger partial charge in [0.25, 0.3) is 0 Å². The van der Waals surface area contributed by atoms with Gasteiger partial charge in [-0.05, 0) is 25.6 Å². The number of hydrogen-bond acceptors (Lipinski definition) is 2. The van der Waals surface area contributed by atoms with Gasteiger partial charge >= 0.3 is 6.18 Å². The molecule has 1 aromatic heterocycles. The molecule has 1 amide bonds. The molecule has 0 fully saturated rings. The standard InChI is InChI=1S/C12H18F3N3O/c1-3-16-9(2)10-5-4-6-18(10)7-11(19)17-8-12(13,14)15/h4-6,9,16H,3,7-8H2,1-2H3,(H,17,19). The normalized spacial score (nSPS) is 13.3. The fraction of sp³-hybridized carbons (Fsp3) is 0.583. The molecule has 1 rings (SSSR count). The Labute approximate surface area is 110 Å². The molecule has 1 atom stereocenters. The Balaban J connectivity index is 2.58. The van der Waals surface area contributed by atoms with Gasteiger partial charge in [0.05, 0.1) is 0 Å². The SMILES string of the molecule is CCNC(C)c1cccn1CC(=O)NCC(F)(F)F. The van der Waals surface area contributed by atoms with Gasteiger partial charge in [-0.2, -0.15) is 13.2 Å². The van der Waals surface area contributed by atoms with E-state index in [1.54, 1.807) is 16.8 Å². The van der Waals surface area contributed by atoms with Gasteiger partial charge in [0, 0.05) is 17.9 Å². The molecule has 0 aliphatic heterocycles. The lowest BCUT2D eigenvalue weighted by Gasteiger charge is -2.16. The van der Waals surface area contributed by atoms with Gasteiger partial charge in [-0.15, -0.1) is 0 Å². The predicted octanol–water partition coefficient (Wildman–Crippen LogP) is 1.84. The highest BCUT2D eigenvalue weighted by molar-refractivity contribution is 5.75. The van der Waals surface area contributed by atoms with Crippen LogP contribution in [0.5, 0.6) is 0 Å². The van der Waals surface area contributed by atoms with Crippen molar-refractivity contribution >= 4 is 5.91 Å². The number of alkyl halides is 3. The number of aromatic nitrogens is 1. The van der Waals surface area contributed by atoms with Gasteiger partial charge in [0.2, 0.25) is 5.91 Å². The van der Waals surface area contributed by atoms with Gasteiger partial charge in [-0.25, -0.2) is 0 Å². The summed E-state index contributed by atoms with van der Waals surface area (Å²) in [6.07, 6.45) is -2.71. The highest BCUT2D eigenvalue weighted by Crippen LogP contribution is 2.14. The molecule has 108 valence electrons. The average Bonchev–Trinajstić information content (AvgIpc) is 2.74. The Bertz CT molecular complexity index is 415. The van der Waals surface area contributed by atoms with Crippen LogP contribution < -0.4 is 10.6 Å². The minimum absolute atomic E-state index is 0.0374. The molecule has 1 heterocycles. The lowest BCUT2D eigenvalue weighted by molar-refractivity contribution is -0.138.